The van der Waals surface area contributed by atoms with Crippen LogP contribution in [-0.4, -0.2) is 109 Å². The first kappa shape index (κ1) is 44.8. The highest BCUT2D eigenvalue weighted by Crippen LogP contribution is 2.48. The maximum atomic E-state index is 15.0. The van der Waals surface area contributed by atoms with Crippen LogP contribution >= 0.6 is 0 Å². The summed E-state index contributed by atoms with van der Waals surface area (Å²) in [6.45, 7) is 7.96. The standard InChI is InChI=1S/C40H53F3N6O10S/c1-22-10-8-9-11-24-19-39(24,35(52)48-60(54,55)38(5)14-15-38)47-32(50)29-18-26(58-33-31(40(41,42)43)44-27-13-12-25(57-7)17-28(27)45-33)20-49(29)34(51)30(23(16-22)21-56-6)46-36(53)59-37(2,3)4/h9,11-13,17,22-24,26,29-30H,8,10,14-16,18-21H2,1-7H3,(H,46,53)(H,47,50)(H,48,52)/b11-9-/t22-,23-,24?,26+,29-,30-,39+/m0/s1. The Hall–Kier alpha value is -4.72. The number of ether oxygens (including phenoxy) is 4. The average Bonchev–Trinajstić information content (AvgIpc) is 4.03. The monoisotopic (exact) mass is 866 g/mol. The molecule has 7 atom stereocenters. The van der Waals surface area contributed by atoms with Gasteiger partial charge in [0.15, 0.2) is 0 Å². The molecule has 4 amide bonds. The first-order chi connectivity index (χ1) is 28.0. The van der Waals surface area contributed by atoms with Crippen LogP contribution in [0.3, 0.4) is 0 Å². The van der Waals surface area contributed by atoms with Gasteiger partial charge in [0.2, 0.25) is 33.4 Å². The molecule has 4 aliphatic rings. The van der Waals surface area contributed by atoms with E-state index in [1.807, 2.05) is 13.0 Å². The molecule has 2 aliphatic carbocycles. The number of alkyl halides is 3. The molecule has 0 bridgehead atoms. The van der Waals surface area contributed by atoms with E-state index in [-0.39, 0.29) is 36.4 Å². The van der Waals surface area contributed by atoms with E-state index in [1.165, 1.54) is 39.3 Å². The smallest absolute Gasteiger partial charge is 0.438 e. The first-order valence-electron chi connectivity index (χ1n) is 19.9. The number of aromatic nitrogens is 2. The summed E-state index contributed by atoms with van der Waals surface area (Å²) >= 11 is 0. The van der Waals surface area contributed by atoms with E-state index in [0.717, 1.165) is 4.90 Å². The minimum atomic E-state index is -5.02. The van der Waals surface area contributed by atoms with Gasteiger partial charge >= 0.3 is 12.3 Å². The van der Waals surface area contributed by atoms with Crippen LogP contribution in [0.2, 0.25) is 0 Å². The van der Waals surface area contributed by atoms with Crippen molar-refractivity contribution in [3.63, 3.8) is 0 Å². The fourth-order valence-electron chi connectivity index (χ4n) is 7.80. The van der Waals surface area contributed by atoms with Crippen molar-refractivity contribution in [1.82, 2.24) is 30.2 Å². The third kappa shape index (κ3) is 9.74. The number of carbonyl (C=O) groups is 4. The van der Waals surface area contributed by atoms with Gasteiger partial charge in [0.05, 0.1) is 36.0 Å². The molecule has 16 nitrogen and oxygen atoms in total. The molecule has 1 aromatic heterocycles. The predicted molar refractivity (Wildman–Crippen MR) is 210 cm³/mol. The molecule has 3 heterocycles. The Bertz CT molecular complexity index is 2140. The van der Waals surface area contributed by atoms with Crippen LogP contribution in [0.4, 0.5) is 18.0 Å². The highest BCUT2D eigenvalue weighted by molar-refractivity contribution is 7.91. The highest BCUT2D eigenvalue weighted by atomic mass is 32.2. The minimum absolute atomic E-state index is 0.000843. The van der Waals surface area contributed by atoms with Crippen LogP contribution in [0.1, 0.15) is 85.3 Å². The van der Waals surface area contributed by atoms with E-state index in [2.05, 4.69) is 25.3 Å². The molecule has 6 rings (SSSR count). The number of fused-ring (bicyclic) bond motifs is 3. The lowest BCUT2D eigenvalue weighted by atomic mass is 9.87. The number of halogens is 3. The summed E-state index contributed by atoms with van der Waals surface area (Å²) in [5, 5.41) is 5.42. The van der Waals surface area contributed by atoms with Crippen LogP contribution in [0.25, 0.3) is 11.0 Å². The number of sulfonamides is 1. The number of methoxy groups -OCH3 is 2. The number of benzene rings is 1. The van der Waals surface area contributed by atoms with Gasteiger partial charge in [-0.2, -0.15) is 13.2 Å². The zero-order chi connectivity index (χ0) is 44.0. The number of hydrogen-bond donors (Lipinski definition) is 3. The molecular formula is C40H53F3N6O10S. The molecule has 2 saturated carbocycles. The number of alkyl carbamates (subject to hydrolysis) is 1. The lowest BCUT2D eigenvalue weighted by Crippen LogP contribution is -2.60. The first-order valence-corrected chi connectivity index (χ1v) is 21.4. The van der Waals surface area contributed by atoms with Crippen molar-refractivity contribution < 1.29 is 59.7 Å². The number of hydrogen-bond acceptors (Lipinski definition) is 12. The Morgan fingerprint density at radius 1 is 1.07 bits per heavy atom. The zero-order valence-electron chi connectivity index (χ0n) is 34.7. The third-order valence-electron chi connectivity index (χ3n) is 11.5. The van der Waals surface area contributed by atoms with Gasteiger partial charge in [-0.05, 0) is 84.3 Å². The summed E-state index contributed by atoms with van der Waals surface area (Å²) in [5.74, 6) is -4.53. The molecule has 0 radical (unpaired) electrons. The Balaban J connectivity index is 1.41. The normalized spacial score (nSPS) is 28.9. The van der Waals surface area contributed by atoms with Crippen molar-refractivity contribution in [2.75, 3.05) is 27.4 Å². The number of nitrogens with one attached hydrogen (secondary N) is 3. The number of amides is 4. The second kappa shape index (κ2) is 16.6. The van der Waals surface area contributed by atoms with Crippen LogP contribution in [0.15, 0.2) is 30.4 Å². The van der Waals surface area contributed by atoms with Crippen LogP contribution in [0, 0.1) is 17.8 Å². The molecular weight excluding hydrogens is 814 g/mol. The summed E-state index contributed by atoms with van der Waals surface area (Å²) < 4.78 is 93.2. The second-order valence-electron chi connectivity index (χ2n) is 17.6. The van der Waals surface area contributed by atoms with Gasteiger partial charge in [-0.1, -0.05) is 19.1 Å². The molecule has 330 valence electrons. The number of carbonyl (C=O) groups excluding carboxylic acids is 4. The van der Waals surface area contributed by atoms with Gasteiger partial charge in [0, 0.05) is 31.4 Å². The summed E-state index contributed by atoms with van der Waals surface area (Å²) in [6, 6.07) is 1.28. The van der Waals surface area contributed by atoms with E-state index in [9.17, 15) is 40.8 Å². The number of rotatable bonds is 9. The molecule has 1 unspecified atom stereocenters. The van der Waals surface area contributed by atoms with E-state index in [4.69, 9.17) is 18.9 Å². The van der Waals surface area contributed by atoms with Gasteiger partial charge < -0.3 is 34.5 Å². The Morgan fingerprint density at radius 3 is 2.42 bits per heavy atom. The van der Waals surface area contributed by atoms with Gasteiger partial charge in [-0.25, -0.2) is 23.2 Å². The van der Waals surface area contributed by atoms with Crippen molar-refractivity contribution >= 4 is 44.9 Å². The molecule has 3 N–H and O–H groups in total. The predicted octanol–water partition coefficient (Wildman–Crippen LogP) is 4.41. The SMILES string of the molecule is COC[C@@H]1C[C@@H](C)CC/C=C\C2C[C@@]2(C(=O)NS(=O)(=O)C2(C)CC2)NC(=O)[C@@H]2C[C@@H](Oc3nc4cc(OC)ccc4nc3C(F)(F)F)CN2C(=O)[C@H]1NC(=O)OC(C)(C)C. The van der Waals surface area contributed by atoms with Gasteiger partial charge in [-0.15, -0.1) is 0 Å². The quantitative estimate of drug-likeness (QED) is 0.300. The molecule has 2 aliphatic heterocycles. The van der Waals surface area contributed by atoms with E-state index < -0.39 is 104 Å². The molecule has 3 fully saturated rings. The minimum Gasteiger partial charge on any atom is -0.497 e. The molecule has 20 heteroatoms. The van der Waals surface area contributed by atoms with Crippen LogP contribution < -0.4 is 24.8 Å². The third-order valence-corrected chi connectivity index (χ3v) is 13.7. The maximum absolute atomic E-state index is 15.0. The highest BCUT2D eigenvalue weighted by Gasteiger charge is 2.63. The van der Waals surface area contributed by atoms with Gasteiger partial charge in [-0.3, -0.25) is 19.1 Å². The van der Waals surface area contributed by atoms with E-state index in [0.29, 0.717) is 37.9 Å². The summed E-state index contributed by atoms with van der Waals surface area (Å²) in [5.41, 5.74) is -4.18. The fourth-order valence-corrected chi connectivity index (χ4v) is 9.11. The average molecular weight is 867 g/mol. The van der Waals surface area contributed by atoms with Crippen molar-refractivity contribution in [2.24, 2.45) is 17.8 Å². The fraction of sp³-hybridized carbons (Fsp3) is 0.650. The second-order valence-corrected chi connectivity index (χ2v) is 19.7. The number of nitrogens with zero attached hydrogens (tertiary/aromatic N) is 3. The molecule has 60 heavy (non-hydrogen) atoms. The zero-order valence-corrected chi connectivity index (χ0v) is 35.5. The maximum Gasteiger partial charge on any atom is 0.438 e. The lowest BCUT2D eigenvalue weighted by Gasteiger charge is -2.34. The Kier molecular flexibility index (Phi) is 12.4. The van der Waals surface area contributed by atoms with Gasteiger partial charge in [0.1, 0.15) is 35.1 Å². The molecule has 2 aromatic rings. The topological polar surface area (TPSA) is 204 Å². The summed E-state index contributed by atoms with van der Waals surface area (Å²) in [6.07, 6.45) is -1.72. The van der Waals surface area contributed by atoms with Crippen LogP contribution in [0.5, 0.6) is 11.6 Å². The number of allylic oxidation sites excluding steroid dienone is 1. The lowest BCUT2D eigenvalue weighted by molar-refractivity contribution is -0.143. The van der Waals surface area contributed by atoms with Gasteiger partial charge in [0.25, 0.3) is 5.91 Å². The van der Waals surface area contributed by atoms with E-state index in [1.54, 1.807) is 26.8 Å². The largest absolute Gasteiger partial charge is 0.497 e. The van der Waals surface area contributed by atoms with Crippen LogP contribution in [-0.2, 0) is 40.1 Å². The van der Waals surface area contributed by atoms with Crippen molar-refractivity contribution in [3.05, 3.63) is 36.0 Å². The summed E-state index contributed by atoms with van der Waals surface area (Å²) in [7, 11) is -1.31. The molecule has 1 saturated heterocycles. The summed E-state index contributed by atoms with van der Waals surface area (Å²) in [4.78, 5) is 65.8. The molecule has 0 spiro atoms. The Morgan fingerprint density at radius 2 is 1.78 bits per heavy atom. The Labute approximate surface area is 346 Å². The molecule has 1 aromatic carbocycles. The van der Waals surface area contributed by atoms with Crippen molar-refractivity contribution in [3.8, 4) is 11.6 Å². The van der Waals surface area contributed by atoms with Crippen molar-refractivity contribution in [1.29, 1.82) is 0 Å². The van der Waals surface area contributed by atoms with E-state index >= 15 is 0 Å². The van der Waals surface area contributed by atoms with Crippen molar-refractivity contribution in [2.45, 2.75) is 120 Å².